The van der Waals surface area contributed by atoms with E-state index in [-0.39, 0.29) is 0 Å². The molecule has 0 saturated heterocycles. The third-order valence-corrected chi connectivity index (χ3v) is 2.64. The van der Waals surface area contributed by atoms with Gasteiger partial charge in [0.1, 0.15) is 0 Å². The maximum atomic E-state index is 4.32. The molecule has 0 amide bonds. The van der Waals surface area contributed by atoms with Crippen LogP contribution in [0.3, 0.4) is 0 Å². The molecule has 0 spiro atoms. The predicted molar refractivity (Wildman–Crippen MR) is 67.9 cm³/mol. The largest absolute Gasteiger partial charge is 0.356 e. The Bertz CT molecular complexity index is 457. The SMILES string of the molecule is CCCCNc1nccn1Cc1cnn(C)c1. The molecule has 2 aromatic rings. The average molecular weight is 233 g/mol. The van der Waals surface area contributed by atoms with E-state index in [9.17, 15) is 0 Å². The fourth-order valence-electron chi connectivity index (χ4n) is 1.73. The summed E-state index contributed by atoms with van der Waals surface area (Å²) in [5.74, 6) is 0.933. The van der Waals surface area contributed by atoms with Crippen molar-refractivity contribution >= 4 is 5.95 Å². The van der Waals surface area contributed by atoms with Crippen molar-refractivity contribution < 1.29 is 0 Å². The fourth-order valence-corrected chi connectivity index (χ4v) is 1.73. The second-order valence-corrected chi connectivity index (χ2v) is 4.18. The van der Waals surface area contributed by atoms with Gasteiger partial charge in [-0.05, 0) is 6.42 Å². The highest BCUT2D eigenvalue weighted by Gasteiger charge is 2.03. The van der Waals surface area contributed by atoms with Crippen LogP contribution in [0.2, 0.25) is 0 Å². The molecule has 2 heterocycles. The van der Waals surface area contributed by atoms with E-state index in [1.807, 2.05) is 36.5 Å². The van der Waals surface area contributed by atoms with Gasteiger partial charge in [-0.2, -0.15) is 5.10 Å². The fraction of sp³-hybridized carbons (Fsp3) is 0.500. The number of aryl methyl sites for hydroxylation is 1. The molecule has 0 radical (unpaired) electrons. The lowest BCUT2D eigenvalue weighted by molar-refractivity contribution is 0.759. The quantitative estimate of drug-likeness (QED) is 0.775. The Labute approximate surface area is 101 Å². The summed E-state index contributed by atoms with van der Waals surface area (Å²) >= 11 is 0. The van der Waals surface area contributed by atoms with Crippen LogP contribution in [0, 0.1) is 0 Å². The minimum atomic E-state index is 0.808. The summed E-state index contributed by atoms with van der Waals surface area (Å²) in [5, 5.41) is 7.51. The van der Waals surface area contributed by atoms with Gasteiger partial charge in [-0.25, -0.2) is 4.98 Å². The third kappa shape index (κ3) is 3.09. The van der Waals surface area contributed by atoms with Crippen molar-refractivity contribution in [2.24, 2.45) is 7.05 Å². The Morgan fingerprint density at radius 2 is 2.29 bits per heavy atom. The van der Waals surface area contributed by atoms with Crippen molar-refractivity contribution in [1.82, 2.24) is 19.3 Å². The number of hydrogen-bond acceptors (Lipinski definition) is 3. The summed E-state index contributed by atoms with van der Waals surface area (Å²) in [5.41, 5.74) is 1.18. The minimum Gasteiger partial charge on any atom is -0.356 e. The van der Waals surface area contributed by atoms with Crippen molar-refractivity contribution in [2.45, 2.75) is 26.3 Å². The Morgan fingerprint density at radius 3 is 3.00 bits per heavy atom. The van der Waals surface area contributed by atoms with E-state index in [4.69, 9.17) is 0 Å². The van der Waals surface area contributed by atoms with Crippen molar-refractivity contribution in [3.05, 3.63) is 30.4 Å². The molecule has 0 fully saturated rings. The Balaban J connectivity index is 1.98. The maximum absolute atomic E-state index is 4.32. The number of anilines is 1. The number of nitrogens with zero attached hydrogens (tertiary/aromatic N) is 4. The van der Waals surface area contributed by atoms with Gasteiger partial charge in [0.15, 0.2) is 0 Å². The molecular formula is C12H19N5. The molecule has 92 valence electrons. The van der Waals surface area contributed by atoms with Gasteiger partial charge < -0.3 is 9.88 Å². The lowest BCUT2D eigenvalue weighted by atomic mass is 10.3. The van der Waals surface area contributed by atoms with Gasteiger partial charge in [0.05, 0.1) is 12.7 Å². The molecule has 2 aromatic heterocycles. The molecule has 5 heteroatoms. The second kappa shape index (κ2) is 5.52. The lowest BCUT2D eigenvalue weighted by Crippen LogP contribution is -2.09. The number of unbranched alkanes of at least 4 members (excludes halogenated alkanes) is 1. The molecule has 0 atom stereocenters. The summed E-state index contributed by atoms with van der Waals surface area (Å²) in [4.78, 5) is 4.32. The van der Waals surface area contributed by atoms with Gasteiger partial charge in [-0.1, -0.05) is 13.3 Å². The number of nitrogens with one attached hydrogen (secondary N) is 1. The van der Waals surface area contributed by atoms with Crippen molar-refractivity contribution in [3.8, 4) is 0 Å². The van der Waals surface area contributed by atoms with Crippen LogP contribution in [0.25, 0.3) is 0 Å². The van der Waals surface area contributed by atoms with Crippen molar-refractivity contribution in [2.75, 3.05) is 11.9 Å². The van der Waals surface area contributed by atoms with Crippen molar-refractivity contribution in [3.63, 3.8) is 0 Å². The number of imidazole rings is 1. The first-order chi connectivity index (χ1) is 8.29. The number of aromatic nitrogens is 4. The summed E-state index contributed by atoms with van der Waals surface area (Å²) in [6.07, 6.45) is 10.1. The van der Waals surface area contributed by atoms with E-state index in [2.05, 4.69) is 26.9 Å². The van der Waals surface area contributed by atoms with Crippen LogP contribution in [0.4, 0.5) is 5.95 Å². The molecule has 2 rings (SSSR count). The molecule has 0 aliphatic heterocycles. The molecule has 0 aromatic carbocycles. The molecule has 17 heavy (non-hydrogen) atoms. The van der Waals surface area contributed by atoms with Crippen LogP contribution >= 0.6 is 0 Å². The van der Waals surface area contributed by atoms with E-state index < -0.39 is 0 Å². The molecule has 0 unspecified atom stereocenters. The van der Waals surface area contributed by atoms with E-state index in [1.165, 1.54) is 18.4 Å². The first kappa shape index (κ1) is 11.7. The molecule has 1 N–H and O–H groups in total. The van der Waals surface area contributed by atoms with E-state index in [0.717, 1.165) is 19.0 Å². The standard InChI is InChI=1S/C12H19N5/c1-3-4-5-13-12-14-6-7-17(12)10-11-8-15-16(2)9-11/h6-9H,3-5,10H2,1-2H3,(H,13,14). The monoisotopic (exact) mass is 233 g/mol. The zero-order valence-corrected chi connectivity index (χ0v) is 10.4. The first-order valence-electron chi connectivity index (χ1n) is 6.02. The molecular weight excluding hydrogens is 214 g/mol. The van der Waals surface area contributed by atoms with Crippen LogP contribution in [0.15, 0.2) is 24.8 Å². The second-order valence-electron chi connectivity index (χ2n) is 4.18. The minimum absolute atomic E-state index is 0.808. The molecule has 0 aliphatic rings. The van der Waals surface area contributed by atoms with E-state index in [0.29, 0.717) is 0 Å². The van der Waals surface area contributed by atoms with Crippen LogP contribution in [0.1, 0.15) is 25.3 Å². The molecule has 0 aliphatic carbocycles. The van der Waals surface area contributed by atoms with Gasteiger partial charge in [-0.15, -0.1) is 0 Å². The van der Waals surface area contributed by atoms with Crippen LogP contribution in [-0.4, -0.2) is 25.9 Å². The van der Waals surface area contributed by atoms with Crippen LogP contribution in [0.5, 0.6) is 0 Å². The van der Waals surface area contributed by atoms with Crippen LogP contribution in [-0.2, 0) is 13.6 Å². The zero-order valence-electron chi connectivity index (χ0n) is 10.4. The smallest absolute Gasteiger partial charge is 0.203 e. The van der Waals surface area contributed by atoms with Gasteiger partial charge in [0.25, 0.3) is 0 Å². The summed E-state index contributed by atoms with van der Waals surface area (Å²) in [7, 11) is 1.93. The van der Waals surface area contributed by atoms with Crippen molar-refractivity contribution in [1.29, 1.82) is 0 Å². The maximum Gasteiger partial charge on any atom is 0.203 e. The lowest BCUT2D eigenvalue weighted by Gasteiger charge is -2.08. The molecule has 0 bridgehead atoms. The van der Waals surface area contributed by atoms with Crippen LogP contribution < -0.4 is 5.32 Å². The normalized spacial score (nSPS) is 10.7. The summed E-state index contributed by atoms with van der Waals surface area (Å²) in [6.45, 7) is 3.96. The third-order valence-electron chi connectivity index (χ3n) is 2.64. The van der Waals surface area contributed by atoms with Gasteiger partial charge in [-0.3, -0.25) is 4.68 Å². The van der Waals surface area contributed by atoms with Gasteiger partial charge >= 0.3 is 0 Å². The van der Waals surface area contributed by atoms with Gasteiger partial charge in [0, 0.05) is 37.7 Å². The Morgan fingerprint density at radius 1 is 1.41 bits per heavy atom. The van der Waals surface area contributed by atoms with E-state index in [1.54, 1.807) is 0 Å². The highest BCUT2D eigenvalue weighted by molar-refractivity contribution is 5.27. The average Bonchev–Trinajstić information content (AvgIpc) is 2.90. The first-order valence-corrected chi connectivity index (χ1v) is 6.02. The summed E-state index contributed by atoms with van der Waals surface area (Å²) in [6, 6.07) is 0. The highest BCUT2D eigenvalue weighted by Crippen LogP contribution is 2.08. The Hall–Kier alpha value is -1.78. The Kier molecular flexibility index (Phi) is 3.80. The molecule has 0 saturated carbocycles. The number of rotatable bonds is 6. The predicted octanol–water partition coefficient (Wildman–Crippen LogP) is 1.88. The highest BCUT2D eigenvalue weighted by atomic mass is 15.2. The number of hydrogen-bond donors (Lipinski definition) is 1. The summed E-state index contributed by atoms with van der Waals surface area (Å²) < 4.78 is 3.92. The topological polar surface area (TPSA) is 47.7 Å². The van der Waals surface area contributed by atoms with E-state index >= 15 is 0 Å². The van der Waals surface area contributed by atoms with Gasteiger partial charge in [0.2, 0.25) is 5.95 Å². The molecule has 5 nitrogen and oxygen atoms in total. The zero-order chi connectivity index (χ0) is 12.1.